The van der Waals surface area contributed by atoms with Gasteiger partial charge in [-0.25, -0.2) is 0 Å². The molecule has 6 nitrogen and oxygen atoms in total. The summed E-state index contributed by atoms with van der Waals surface area (Å²) >= 11 is 0. The van der Waals surface area contributed by atoms with Crippen LogP contribution < -0.4 is 15.4 Å². The van der Waals surface area contributed by atoms with Crippen molar-refractivity contribution < 1.29 is 14.2 Å². The first-order valence-corrected chi connectivity index (χ1v) is 9.74. The van der Waals surface area contributed by atoms with Crippen LogP contribution >= 0.6 is 24.0 Å². The van der Waals surface area contributed by atoms with E-state index in [9.17, 15) is 0 Å². The lowest BCUT2D eigenvalue weighted by Gasteiger charge is -2.21. The third-order valence-electron chi connectivity index (χ3n) is 4.16. The first-order valence-electron chi connectivity index (χ1n) is 9.74. The van der Waals surface area contributed by atoms with Crippen LogP contribution in [0.5, 0.6) is 5.75 Å². The number of guanidine groups is 1. The molecule has 1 fully saturated rings. The summed E-state index contributed by atoms with van der Waals surface area (Å²) in [5, 5.41) is 6.55. The van der Waals surface area contributed by atoms with Gasteiger partial charge in [-0.15, -0.1) is 24.0 Å². The maximum atomic E-state index is 5.78. The highest BCUT2D eigenvalue weighted by Gasteiger charge is 2.13. The quantitative estimate of drug-likeness (QED) is 0.216. The minimum atomic E-state index is 0. The second kappa shape index (κ2) is 15.9. The van der Waals surface area contributed by atoms with Crippen molar-refractivity contribution in [3.8, 4) is 5.75 Å². The molecule has 0 aliphatic carbocycles. The van der Waals surface area contributed by atoms with E-state index in [0.717, 1.165) is 70.5 Å². The Bertz CT molecular complexity index is 497. The molecule has 154 valence electrons. The molecule has 2 N–H and O–H groups in total. The van der Waals surface area contributed by atoms with Crippen molar-refractivity contribution >= 4 is 29.9 Å². The number of hydrogen-bond acceptors (Lipinski definition) is 4. The van der Waals surface area contributed by atoms with E-state index in [1.807, 2.05) is 30.3 Å². The van der Waals surface area contributed by atoms with Gasteiger partial charge in [0.15, 0.2) is 5.96 Å². The van der Waals surface area contributed by atoms with E-state index < -0.39 is 0 Å². The zero-order valence-corrected chi connectivity index (χ0v) is 18.7. The van der Waals surface area contributed by atoms with Crippen molar-refractivity contribution in [2.75, 3.05) is 52.7 Å². The standard InChI is InChI=1S/C20H33N3O3.HI/c1-2-21-20(23-12-16-26-19-7-4-3-5-8-19)22-11-6-13-25-17-18-9-14-24-15-10-18;/h3-5,7-8,18H,2,6,9-17H2,1H3,(H2,21,22,23);1H. The van der Waals surface area contributed by atoms with Gasteiger partial charge in [0, 0.05) is 39.5 Å². The number of nitrogens with zero attached hydrogens (tertiary/aromatic N) is 1. The van der Waals surface area contributed by atoms with Gasteiger partial charge in [-0.1, -0.05) is 18.2 Å². The van der Waals surface area contributed by atoms with E-state index >= 15 is 0 Å². The van der Waals surface area contributed by atoms with E-state index in [4.69, 9.17) is 14.2 Å². The fourth-order valence-electron chi connectivity index (χ4n) is 2.72. The smallest absolute Gasteiger partial charge is 0.191 e. The van der Waals surface area contributed by atoms with E-state index in [-0.39, 0.29) is 24.0 Å². The number of rotatable bonds is 11. The Labute approximate surface area is 180 Å². The van der Waals surface area contributed by atoms with Gasteiger partial charge in [-0.3, -0.25) is 4.99 Å². The lowest BCUT2D eigenvalue weighted by molar-refractivity contribution is 0.0205. The van der Waals surface area contributed by atoms with Gasteiger partial charge >= 0.3 is 0 Å². The monoisotopic (exact) mass is 491 g/mol. The largest absolute Gasteiger partial charge is 0.492 e. The molecule has 0 unspecified atom stereocenters. The Hall–Kier alpha value is -1.06. The van der Waals surface area contributed by atoms with Crippen molar-refractivity contribution in [1.82, 2.24) is 10.6 Å². The molecule has 27 heavy (non-hydrogen) atoms. The summed E-state index contributed by atoms with van der Waals surface area (Å²) in [6.07, 6.45) is 3.18. The zero-order chi connectivity index (χ0) is 18.3. The van der Waals surface area contributed by atoms with E-state index in [2.05, 4.69) is 22.5 Å². The van der Waals surface area contributed by atoms with Crippen molar-refractivity contribution in [1.29, 1.82) is 0 Å². The van der Waals surface area contributed by atoms with Crippen LogP contribution in [0.2, 0.25) is 0 Å². The van der Waals surface area contributed by atoms with Gasteiger partial charge < -0.3 is 24.8 Å². The summed E-state index contributed by atoms with van der Waals surface area (Å²) < 4.78 is 16.8. The highest BCUT2D eigenvalue weighted by molar-refractivity contribution is 14.0. The number of benzene rings is 1. The summed E-state index contributed by atoms with van der Waals surface area (Å²) in [5.74, 6) is 2.38. The molecule has 1 aliphatic rings. The normalized spacial score (nSPS) is 15.1. The predicted octanol–water partition coefficient (Wildman–Crippen LogP) is 3.07. The van der Waals surface area contributed by atoms with Crippen LogP contribution in [0.1, 0.15) is 26.2 Å². The summed E-state index contributed by atoms with van der Waals surface area (Å²) in [4.78, 5) is 4.58. The van der Waals surface area contributed by atoms with Crippen LogP contribution in [0, 0.1) is 5.92 Å². The first kappa shape index (κ1) is 24.0. The molecule has 0 amide bonds. The molecule has 1 aromatic rings. The van der Waals surface area contributed by atoms with Crippen LogP contribution in [0.15, 0.2) is 35.3 Å². The summed E-state index contributed by atoms with van der Waals surface area (Å²) in [6, 6.07) is 9.84. The molecule has 1 aromatic carbocycles. The van der Waals surface area contributed by atoms with E-state index in [0.29, 0.717) is 19.1 Å². The summed E-state index contributed by atoms with van der Waals surface area (Å²) in [7, 11) is 0. The highest BCUT2D eigenvalue weighted by atomic mass is 127. The van der Waals surface area contributed by atoms with Crippen LogP contribution in [0.4, 0.5) is 0 Å². The van der Waals surface area contributed by atoms with Gasteiger partial charge in [0.1, 0.15) is 12.4 Å². The van der Waals surface area contributed by atoms with Crippen LogP contribution in [-0.2, 0) is 9.47 Å². The molecule has 0 atom stereocenters. The highest BCUT2D eigenvalue weighted by Crippen LogP contribution is 2.14. The second-order valence-electron chi connectivity index (χ2n) is 6.33. The van der Waals surface area contributed by atoms with Gasteiger partial charge in [-0.2, -0.15) is 0 Å². The van der Waals surface area contributed by atoms with Crippen molar-refractivity contribution in [2.45, 2.75) is 26.2 Å². The van der Waals surface area contributed by atoms with E-state index in [1.165, 1.54) is 0 Å². The number of nitrogens with one attached hydrogen (secondary N) is 2. The summed E-state index contributed by atoms with van der Waals surface area (Å²) in [5.41, 5.74) is 0. The van der Waals surface area contributed by atoms with Gasteiger partial charge in [0.05, 0.1) is 6.54 Å². The number of halogens is 1. The van der Waals surface area contributed by atoms with Gasteiger partial charge in [0.2, 0.25) is 0 Å². The molecule has 0 aromatic heterocycles. The number of hydrogen-bond donors (Lipinski definition) is 2. The zero-order valence-electron chi connectivity index (χ0n) is 16.3. The molecule has 0 saturated carbocycles. The van der Waals surface area contributed by atoms with Gasteiger partial charge in [0.25, 0.3) is 0 Å². The molecule has 7 heteroatoms. The van der Waals surface area contributed by atoms with E-state index in [1.54, 1.807) is 0 Å². The lowest BCUT2D eigenvalue weighted by atomic mass is 10.0. The Balaban J connectivity index is 0.00000364. The topological polar surface area (TPSA) is 64.1 Å². The van der Waals surface area contributed by atoms with Crippen LogP contribution in [0.3, 0.4) is 0 Å². The molecule has 0 bridgehead atoms. The molecule has 1 heterocycles. The average molecular weight is 491 g/mol. The Morgan fingerprint density at radius 2 is 1.93 bits per heavy atom. The molecule has 2 rings (SSSR count). The average Bonchev–Trinajstić information content (AvgIpc) is 2.69. The van der Waals surface area contributed by atoms with Crippen molar-refractivity contribution in [2.24, 2.45) is 10.9 Å². The minimum absolute atomic E-state index is 0. The lowest BCUT2D eigenvalue weighted by Crippen LogP contribution is -2.39. The molecular formula is C20H34IN3O3. The second-order valence-corrected chi connectivity index (χ2v) is 6.33. The number of ether oxygens (including phenoxy) is 3. The Morgan fingerprint density at radius 1 is 1.15 bits per heavy atom. The predicted molar refractivity (Wildman–Crippen MR) is 120 cm³/mol. The van der Waals surface area contributed by atoms with Crippen molar-refractivity contribution in [3.63, 3.8) is 0 Å². The molecule has 1 saturated heterocycles. The summed E-state index contributed by atoms with van der Waals surface area (Å²) in [6.45, 7) is 8.33. The van der Waals surface area contributed by atoms with Gasteiger partial charge in [-0.05, 0) is 44.2 Å². The first-order chi connectivity index (χ1) is 12.9. The maximum absolute atomic E-state index is 5.78. The third kappa shape index (κ3) is 11.4. The molecular weight excluding hydrogens is 457 g/mol. The Kier molecular flexibility index (Phi) is 14.2. The fraction of sp³-hybridized carbons (Fsp3) is 0.650. The van der Waals surface area contributed by atoms with Crippen LogP contribution in [-0.4, -0.2) is 58.6 Å². The molecule has 0 spiro atoms. The van der Waals surface area contributed by atoms with Crippen LogP contribution in [0.25, 0.3) is 0 Å². The number of aliphatic imine (C=N–C) groups is 1. The molecule has 1 aliphatic heterocycles. The minimum Gasteiger partial charge on any atom is -0.492 e. The maximum Gasteiger partial charge on any atom is 0.191 e. The SMILES string of the molecule is CCNC(=NCCCOCC1CCOCC1)NCCOc1ccccc1.I. The fourth-order valence-corrected chi connectivity index (χ4v) is 2.72. The molecule has 0 radical (unpaired) electrons. The number of para-hydroxylation sites is 1. The third-order valence-corrected chi connectivity index (χ3v) is 4.16. The Morgan fingerprint density at radius 3 is 2.67 bits per heavy atom. The van der Waals surface area contributed by atoms with Crippen molar-refractivity contribution in [3.05, 3.63) is 30.3 Å².